The van der Waals surface area contributed by atoms with E-state index in [9.17, 15) is 8.42 Å². The number of rotatable bonds is 5. The molecule has 6 heteroatoms. The van der Waals surface area contributed by atoms with Crippen molar-refractivity contribution in [1.29, 1.82) is 0 Å². The van der Waals surface area contributed by atoms with Crippen LogP contribution in [0.4, 0.5) is 0 Å². The first-order valence-electron chi connectivity index (χ1n) is 6.14. The summed E-state index contributed by atoms with van der Waals surface area (Å²) >= 11 is 5.75. The fraction of sp³-hybridized carbons (Fsp3) is 0.583. The van der Waals surface area contributed by atoms with Crippen molar-refractivity contribution in [3.8, 4) is 0 Å². The molecule has 0 aromatic carbocycles. The summed E-state index contributed by atoms with van der Waals surface area (Å²) in [5.74, 6) is 0.315. The van der Waals surface area contributed by atoms with E-state index in [4.69, 9.17) is 11.6 Å². The Morgan fingerprint density at radius 1 is 1.39 bits per heavy atom. The highest BCUT2D eigenvalue weighted by Crippen LogP contribution is 2.28. The number of hydrogen-bond acceptors (Lipinski definition) is 3. The number of aromatic nitrogens is 1. The van der Waals surface area contributed by atoms with E-state index in [-0.39, 0.29) is 10.9 Å². The molecule has 1 heterocycles. The van der Waals surface area contributed by atoms with E-state index in [1.54, 1.807) is 22.6 Å². The van der Waals surface area contributed by atoms with Gasteiger partial charge in [0.1, 0.15) is 4.90 Å². The Morgan fingerprint density at radius 2 is 2.11 bits per heavy atom. The second-order valence-corrected chi connectivity index (χ2v) is 6.70. The van der Waals surface area contributed by atoms with Crippen LogP contribution >= 0.6 is 11.6 Å². The number of hydrogen-bond donors (Lipinski definition) is 0. The molecule has 0 bridgehead atoms. The van der Waals surface area contributed by atoms with Gasteiger partial charge in [-0.2, -0.15) is 4.31 Å². The summed E-state index contributed by atoms with van der Waals surface area (Å²) in [6.45, 7) is 0.365. The first-order chi connectivity index (χ1) is 8.66. The van der Waals surface area contributed by atoms with E-state index in [2.05, 4.69) is 4.98 Å². The molecule has 18 heavy (non-hydrogen) atoms. The SMILES string of the molecule is O=S(=O)(c1cccnc1)N(CCCl)C1CCCC1. The van der Waals surface area contributed by atoms with E-state index in [1.807, 2.05) is 0 Å². The Bertz CT molecular complexity index is 472. The van der Waals surface area contributed by atoms with Gasteiger partial charge in [0.2, 0.25) is 10.0 Å². The van der Waals surface area contributed by atoms with Crippen LogP contribution in [0.15, 0.2) is 29.4 Å². The maximum absolute atomic E-state index is 12.5. The summed E-state index contributed by atoms with van der Waals surface area (Å²) in [7, 11) is -3.46. The lowest BCUT2D eigenvalue weighted by molar-refractivity contribution is 0.336. The predicted molar refractivity (Wildman–Crippen MR) is 71.1 cm³/mol. The standard InChI is InChI=1S/C12H17ClN2O2S/c13-7-9-15(11-4-1-2-5-11)18(16,17)12-6-3-8-14-10-12/h3,6,8,10-11H,1-2,4-5,7,9H2. The van der Waals surface area contributed by atoms with Gasteiger partial charge >= 0.3 is 0 Å². The Hall–Kier alpha value is -0.650. The molecule has 1 saturated carbocycles. The zero-order chi connectivity index (χ0) is 13.0. The van der Waals surface area contributed by atoms with Crippen LogP contribution in [0.3, 0.4) is 0 Å². The van der Waals surface area contributed by atoms with Crippen LogP contribution in [-0.4, -0.2) is 36.2 Å². The molecule has 1 fully saturated rings. The van der Waals surface area contributed by atoms with Gasteiger partial charge in [-0.3, -0.25) is 4.98 Å². The quantitative estimate of drug-likeness (QED) is 0.781. The lowest BCUT2D eigenvalue weighted by atomic mass is 10.2. The van der Waals surface area contributed by atoms with Gasteiger partial charge in [-0.25, -0.2) is 8.42 Å². The summed E-state index contributed by atoms with van der Waals surface area (Å²) in [6.07, 6.45) is 7.00. The third kappa shape index (κ3) is 2.84. The third-order valence-corrected chi connectivity index (χ3v) is 5.38. The van der Waals surface area contributed by atoms with Gasteiger partial charge in [-0.15, -0.1) is 11.6 Å². The second kappa shape index (κ2) is 5.99. The van der Waals surface area contributed by atoms with Crippen LogP contribution in [0.2, 0.25) is 0 Å². The van der Waals surface area contributed by atoms with Crippen LogP contribution in [0, 0.1) is 0 Å². The molecule has 0 unspecified atom stereocenters. The first-order valence-corrected chi connectivity index (χ1v) is 8.11. The zero-order valence-corrected chi connectivity index (χ0v) is 11.7. The van der Waals surface area contributed by atoms with Crippen molar-refractivity contribution in [2.75, 3.05) is 12.4 Å². The molecule has 0 N–H and O–H groups in total. The van der Waals surface area contributed by atoms with Gasteiger partial charge in [0, 0.05) is 30.9 Å². The van der Waals surface area contributed by atoms with E-state index in [0.29, 0.717) is 12.4 Å². The van der Waals surface area contributed by atoms with Gasteiger partial charge in [0.05, 0.1) is 0 Å². The number of halogens is 1. The van der Waals surface area contributed by atoms with Crippen LogP contribution < -0.4 is 0 Å². The second-order valence-electron chi connectivity index (χ2n) is 4.43. The van der Waals surface area contributed by atoms with Crippen molar-refractivity contribution in [3.05, 3.63) is 24.5 Å². The Morgan fingerprint density at radius 3 is 2.67 bits per heavy atom. The van der Waals surface area contributed by atoms with E-state index in [0.717, 1.165) is 25.7 Å². The fourth-order valence-electron chi connectivity index (χ4n) is 2.41. The van der Waals surface area contributed by atoms with Crippen molar-refractivity contribution in [3.63, 3.8) is 0 Å². The molecule has 1 aromatic rings. The van der Waals surface area contributed by atoms with Gasteiger partial charge in [0.25, 0.3) is 0 Å². The minimum Gasteiger partial charge on any atom is -0.263 e. The van der Waals surface area contributed by atoms with Crippen molar-refractivity contribution in [2.45, 2.75) is 36.6 Å². The topological polar surface area (TPSA) is 50.3 Å². The molecule has 0 spiro atoms. The van der Waals surface area contributed by atoms with E-state index < -0.39 is 10.0 Å². The highest BCUT2D eigenvalue weighted by molar-refractivity contribution is 7.89. The summed E-state index contributed by atoms with van der Waals surface area (Å²) in [6, 6.07) is 3.31. The van der Waals surface area contributed by atoms with Crippen LogP contribution in [0.1, 0.15) is 25.7 Å². The lowest BCUT2D eigenvalue weighted by Gasteiger charge is -2.27. The van der Waals surface area contributed by atoms with Crippen molar-refractivity contribution < 1.29 is 8.42 Å². The molecule has 1 aliphatic carbocycles. The van der Waals surface area contributed by atoms with E-state index in [1.165, 1.54) is 6.20 Å². The molecule has 100 valence electrons. The fourth-order valence-corrected chi connectivity index (χ4v) is 4.34. The summed E-state index contributed by atoms with van der Waals surface area (Å²) < 4.78 is 26.6. The Kier molecular flexibility index (Phi) is 4.59. The smallest absolute Gasteiger partial charge is 0.244 e. The maximum atomic E-state index is 12.5. The average Bonchev–Trinajstić information content (AvgIpc) is 2.90. The van der Waals surface area contributed by atoms with Gasteiger partial charge in [-0.05, 0) is 25.0 Å². The van der Waals surface area contributed by atoms with Gasteiger partial charge in [-0.1, -0.05) is 12.8 Å². The number of nitrogens with zero attached hydrogens (tertiary/aromatic N) is 2. The molecule has 0 aliphatic heterocycles. The minimum atomic E-state index is -3.46. The van der Waals surface area contributed by atoms with E-state index >= 15 is 0 Å². The number of sulfonamides is 1. The Balaban J connectivity index is 2.29. The Labute approximate surface area is 113 Å². The highest BCUT2D eigenvalue weighted by Gasteiger charge is 2.32. The molecular weight excluding hydrogens is 272 g/mol. The minimum absolute atomic E-state index is 0.0916. The molecule has 0 radical (unpaired) electrons. The van der Waals surface area contributed by atoms with Gasteiger partial charge < -0.3 is 0 Å². The zero-order valence-electron chi connectivity index (χ0n) is 10.1. The van der Waals surface area contributed by atoms with Crippen molar-refractivity contribution in [1.82, 2.24) is 9.29 Å². The maximum Gasteiger partial charge on any atom is 0.244 e. The van der Waals surface area contributed by atoms with Crippen LogP contribution in [0.25, 0.3) is 0 Å². The monoisotopic (exact) mass is 288 g/mol. The molecule has 4 nitrogen and oxygen atoms in total. The molecule has 0 atom stereocenters. The molecule has 0 amide bonds. The molecule has 1 aliphatic rings. The van der Waals surface area contributed by atoms with Crippen LogP contribution in [0.5, 0.6) is 0 Å². The van der Waals surface area contributed by atoms with Crippen molar-refractivity contribution in [2.24, 2.45) is 0 Å². The molecule has 1 aromatic heterocycles. The average molecular weight is 289 g/mol. The highest BCUT2D eigenvalue weighted by atomic mass is 35.5. The lowest BCUT2D eigenvalue weighted by Crippen LogP contribution is -2.40. The normalized spacial score (nSPS) is 17.4. The third-order valence-electron chi connectivity index (χ3n) is 3.28. The van der Waals surface area contributed by atoms with Crippen molar-refractivity contribution >= 4 is 21.6 Å². The van der Waals surface area contributed by atoms with Gasteiger partial charge in [0.15, 0.2) is 0 Å². The molecule has 2 rings (SSSR count). The molecule has 0 saturated heterocycles. The first kappa shape index (κ1) is 13.8. The summed E-state index contributed by atoms with van der Waals surface area (Å²) in [5.41, 5.74) is 0. The molecular formula is C12H17ClN2O2S. The summed E-state index contributed by atoms with van der Waals surface area (Å²) in [4.78, 5) is 4.13. The largest absolute Gasteiger partial charge is 0.263 e. The summed E-state index contributed by atoms with van der Waals surface area (Å²) in [5, 5.41) is 0. The predicted octanol–water partition coefficient (Wildman–Crippen LogP) is 2.25. The number of alkyl halides is 1. The number of pyridine rings is 1. The van der Waals surface area contributed by atoms with Crippen LogP contribution in [-0.2, 0) is 10.0 Å².